The molecule has 0 aliphatic heterocycles. The number of sulfonamides is 1. The lowest BCUT2D eigenvalue weighted by Gasteiger charge is -2.26. The average Bonchev–Trinajstić information content (AvgIpc) is 2.57. The van der Waals surface area contributed by atoms with Crippen LogP contribution in [0, 0.1) is 13.8 Å². The van der Waals surface area contributed by atoms with Gasteiger partial charge in [-0.05, 0) is 62.8 Å². The fourth-order valence-electron chi connectivity index (χ4n) is 2.87. The van der Waals surface area contributed by atoms with Gasteiger partial charge in [-0.2, -0.15) is 0 Å². The molecule has 0 spiro atoms. The van der Waals surface area contributed by atoms with E-state index < -0.39 is 10.0 Å². The van der Waals surface area contributed by atoms with Crippen molar-refractivity contribution in [2.75, 3.05) is 39.6 Å². The van der Waals surface area contributed by atoms with E-state index >= 15 is 0 Å². The fraction of sp³-hybridized carbons (Fsp3) is 0.400. The monoisotopic (exact) mass is 375 g/mol. The molecule has 0 bridgehead atoms. The summed E-state index contributed by atoms with van der Waals surface area (Å²) in [6.07, 6.45) is 0. The maximum atomic E-state index is 12.8. The first-order valence-electron chi connectivity index (χ1n) is 8.63. The van der Waals surface area contributed by atoms with Gasteiger partial charge in [-0.25, -0.2) is 13.1 Å². The molecule has 26 heavy (non-hydrogen) atoms. The third-order valence-corrected chi connectivity index (χ3v) is 6.30. The number of rotatable bonds is 7. The van der Waals surface area contributed by atoms with Gasteiger partial charge in [-0.15, -0.1) is 0 Å². The Morgan fingerprint density at radius 2 is 1.58 bits per heavy atom. The van der Waals surface area contributed by atoms with Crippen LogP contribution in [0.25, 0.3) is 0 Å². The number of likely N-dealkylation sites (N-methyl/N-ethyl adjacent to an activating group) is 1. The number of nitrogens with zero attached hydrogens (tertiary/aromatic N) is 2. The highest BCUT2D eigenvalue weighted by Gasteiger charge is 2.21. The fourth-order valence-corrected chi connectivity index (χ4v) is 4.23. The molecule has 0 amide bonds. The minimum Gasteiger partial charge on any atom is -0.378 e. The number of hydrogen-bond donors (Lipinski definition) is 1. The van der Waals surface area contributed by atoms with Crippen LogP contribution < -0.4 is 9.62 Å². The molecule has 0 fully saturated rings. The van der Waals surface area contributed by atoms with Crippen LogP contribution >= 0.6 is 0 Å². The summed E-state index contributed by atoms with van der Waals surface area (Å²) in [6, 6.07) is 13.5. The topological polar surface area (TPSA) is 52.7 Å². The summed E-state index contributed by atoms with van der Waals surface area (Å²) in [4.78, 5) is 4.41. The summed E-state index contributed by atoms with van der Waals surface area (Å²) in [5.74, 6) is 0. The Labute approximate surface area is 157 Å². The highest BCUT2D eigenvalue weighted by atomic mass is 32.2. The van der Waals surface area contributed by atoms with Gasteiger partial charge in [0, 0.05) is 32.4 Å². The first-order valence-corrected chi connectivity index (χ1v) is 10.1. The van der Waals surface area contributed by atoms with Gasteiger partial charge in [0.2, 0.25) is 10.0 Å². The van der Waals surface area contributed by atoms with Gasteiger partial charge in [0.05, 0.1) is 4.90 Å². The lowest BCUT2D eigenvalue weighted by molar-refractivity contribution is 0.299. The van der Waals surface area contributed by atoms with E-state index in [0.29, 0.717) is 11.4 Å². The summed E-state index contributed by atoms with van der Waals surface area (Å²) in [5, 5.41) is 0. The minimum atomic E-state index is -3.56. The second kappa shape index (κ2) is 8.20. The second-order valence-corrected chi connectivity index (χ2v) is 8.75. The van der Waals surface area contributed by atoms with Crippen LogP contribution in [0.1, 0.15) is 22.7 Å². The van der Waals surface area contributed by atoms with Crippen LogP contribution in [-0.2, 0) is 10.0 Å². The molecule has 0 aromatic heterocycles. The third kappa shape index (κ3) is 4.63. The number of nitrogens with one attached hydrogen (secondary N) is 1. The number of anilines is 1. The Bertz CT molecular complexity index is 844. The van der Waals surface area contributed by atoms with Crippen molar-refractivity contribution in [2.45, 2.75) is 24.8 Å². The van der Waals surface area contributed by atoms with Crippen molar-refractivity contribution >= 4 is 15.7 Å². The average molecular weight is 376 g/mol. The highest BCUT2D eigenvalue weighted by molar-refractivity contribution is 7.89. The quantitative estimate of drug-likeness (QED) is 0.808. The molecule has 0 saturated heterocycles. The van der Waals surface area contributed by atoms with E-state index in [0.717, 1.165) is 22.4 Å². The normalized spacial score (nSPS) is 13.0. The Kier molecular flexibility index (Phi) is 6.44. The zero-order valence-corrected chi connectivity index (χ0v) is 17.3. The van der Waals surface area contributed by atoms with Crippen molar-refractivity contribution in [3.8, 4) is 0 Å². The van der Waals surface area contributed by atoms with Crippen LogP contribution in [0.15, 0.2) is 47.4 Å². The molecule has 142 valence electrons. The van der Waals surface area contributed by atoms with Gasteiger partial charge in [-0.3, -0.25) is 0 Å². The van der Waals surface area contributed by atoms with Crippen LogP contribution in [0.3, 0.4) is 0 Å². The molecule has 2 aromatic carbocycles. The van der Waals surface area contributed by atoms with Gasteiger partial charge < -0.3 is 9.80 Å². The van der Waals surface area contributed by atoms with Crippen molar-refractivity contribution in [3.05, 3.63) is 59.2 Å². The standard InChI is InChI=1S/C20H29N3O2S/c1-15-8-7-9-20(16(15)2)26(24,25)21-14-19(23(5)6)17-10-12-18(13-11-17)22(3)4/h7-13,19,21H,14H2,1-6H3. The van der Waals surface area contributed by atoms with Crippen LogP contribution in [-0.4, -0.2) is 48.1 Å². The van der Waals surface area contributed by atoms with E-state index in [-0.39, 0.29) is 6.04 Å². The van der Waals surface area contributed by atoms with Crippen molar-refractivity contribution in [1.29, 1.82) is 0 Å². The van der Waals surface area contributed by atoms with Crippen LogP contribution in [0.5, 0.6) is 0 Å². The highest BCUT2D eigenvalue weighted by Crippen LogP contribution is 2.23. The van der Waals surface area contributed by atoms with E-state index in [2.05, 4.69) is 4.72 Å². The Morgan fingerprint density at radius 3 is 2.12 bits per heavy atom. The van der Waals surface area contributed by atoms with E-state index in [9.17, 15) is 8.42 Å². The predicted molar refractivity (Wildman–Crippen MR) is 108 cm³/mol. The molecule has 1 N–H and O–H groups in total. The van der Waals surface area contributed by atoms with Crippen LogP contribution in [0.4, 0.5) is 5.69 Å². The number of hydrogen-bond acceptors (Lipinski definition) is 4. The van der Waals surface area contributed by atoms with Gasteiger partial charge in [-0.1, -0.05) is 24.3 Å². The molecule has 1 atom stereocenters. The molecule has 2 rings (SSSR count). The maximum absolute atomic E-state index is 12.8. The van der Waals surface area contributed by atoms with Crippen molar-refractivity contribution in [3.63, 3.8) is 0 Å². The van der Waals surface area contributed by atoms with Gasteiger partial charge in [0.15, 0.2) is 0 Å². The molecule has 6 heteroatoms. The van der Waals surface area contributed by atoms with E-state index in [1.807, 2.05) is 82.2 Å². The van der Waals surface area contributed by atoms with Crippen molar-refractivity contribution in [2.24, 2.45) is 0 Å². The zero-order chi connectivity index (χ0) is 19.5. The molecule has 0 radical (unpaired) electrons. The lowest BCUT2D eigenvalue weighted by Crippen LogP contribution is -2.34. The Balaban J connectivity index is 2.21. The number of aryl methyl sites for hydroxylation is 1. The molecular weight excluding hydrogens is 346 g/mol. The summed E-state index contributed by atoms with van der Waals surface area (Å²) in [6.45, 7) is 4.07. The molecule has 5 nitrogen and oxygen atoms in total. The summed E-state index contributed by atoms with van der Waals surface area (Å²) in [7, 11) is 4.35. The van der Waals surface area contributed by atoms with E-state index in [4.69, 9.17) is 0 Å². The van der Waals surface area contributed by atoms with Gasteiger partial charge >= 0.3 is 0 Å². The SMILES string of the molecule is Cc1cccc(S(=O)(=O)NCC(c2ccc(N(C)C)cc2)N(C)C)c1C. The molecule has 0 aliphatic rings. The van der Waals surface area contributed by atoms with Gasteiger partial charge in [0.25, 0.3) is 0 Å². The van der Waals surface area contributed by atoms with Gasteiger partial charge in [0.1, 0.15) is 0 Å². The molecule has 2 aromatic rings. The van der Waals surface area contributed by atoms with E-state index in [1.54, 1.807) is 12.1 Å². The third-order valence-electron chi connectivity index (χ3n) is 4.73. The molecule has 0 heterocycles. The smallest absolute Gasteiger partial charge is 0.240 e. The second-order valence-electron chi connectivity index (χ2n) is 7.02. The molecule has 0 saturated carbocycles. The summed E-state index contributed by atoms with van der Waals surface area (Å²) in [5.41, 5.74) is 3.94. The van der Waals surface area contributed by atoms with Crippen LogP contribution in [0.2, 0.25) is 0 Å². The summed E-state index contributed by atoms with van der Waals surface area (Å²) < 4.78 is 28.3. The van der Waals surface area contributed by atoms with E-state index in [1.165, 1.54) is 0 Å². The lowest BCUT2D eigenvalue weighted by atomic mass is 10.1. The Morgan fingerprint density at radius 1 is 0.962 bits per heavy atom. The molecular formula is C20H29N3O2S. The maximum Gasteiger partial charge on any atom is 0.240 e. The van der Waals surface area contributed by atoms with Crippen molar-refractivity contribution in [1.82, 2.24) is 9.62 Å². The first-order chi connectivity index (χ1) is 12.1. The number of benzene rings is 2. The predicted octanol–water partition coefficient (Wildman–Crippen LogP) is 2.95. The first kappa shape index (κ1) is 20.4. The molecule has 1 unspecified atom stereocenters. The zero-order valence-electron chi connectivity index (χ0n) is 16.4. The van der Waals surface area contributed by atoms with Crippen molar-refractivity contribution < 1.29 is 8.42 Å². The minimum absolute atomic E-state index is 0.0499. The largest absolute Gasteiger partial charge is 0.378 e. The molecule has 0 aliphatic carbocycles. The summed E-state index contributed by atoms with van der Waals surface area (Å²) >= 11 is 0. The Hall–Kier alpha value is -1.89.